The molecule has 0 radical (unpaired) electrons. The number of nitrogens with zero attached hydrogens (tertiary/aromatic N) is 2. The lowest BCUT2D eigenvalue weighted by molar-refractivity contribution is 0.100. The average molecular weight is 319 g/mol. The fourth-order valence-corrected chi connectivity index (χ4v) is 2.54. The van der Waals surface area contributed by atoms with E-state index < -0.39 is 11.5 Å². The molecular formula is C15H15ClN4O2. The quantitative estimate of drug-likeness (QED) is 0.894. The van der Waals surface area contributed by atoms with Crippen molar-refractivity contribution in [1.82, 2.24) is 9.78 Å². The largest absolute Gasteiger partial charge is 0.393 e. The zero-order valence-corrected chi connectivity index (χ0v) is 12.5. The minimum absolute atomic E-state index is 0.0562. The van der Waals surface area contributed by atoms with E-state index in [1.807, 2.05) is 0 Å². The Morgan fingerprint density at radius 3 is 2.73 bits per heavy atom. The van der Waals surface area contributed by atoms with Gasteiger partial charge in [-0.3, -0.25) is 9.59 Å². The zero-order chi connectivity index (χ0) is 15.9. The van der Waals surface area contributed by atoms with E-state index in [2.05, 4.69) is 5.10 Å². The maximum Gasteiger partial charge on any atom is 0.290 e. The van der Waals surface area contributed by atoms with Crippen molar-refractivity contribution < 1.29 is 4.79 Å². The summed E-state index contributed by atoms with van der Waals surface area (Å²) in [4.78, 5) is 24.0. The first-order valence-corrected chi connectivity index (χ1v) is 7.31. The van der Waals surface area contributed by atoms with Crippen LogP contribution in [0.3, 0.4) is 0 Å². The molecular weight excluding hydrogens is 304 g/mol. The second kappa shape index (κ2) is 5.46. The Hall–Kier alpha value is -2.34. The van der Waals surface area contributed by atoms with Crippen molar-refractivity contribution >= 4 is 23.2 Å². The zero-order valence-electron chi connectivity index (χ0n) is 11.8. The van der Waals surface area contributed by atoms with Gasteiger partial charge < -0.3 is 11.5 Å². The van der Waals surface area contributed by atoms with Gasteiger partial charge in [0, 0.05) is 17.1 Å². The van der Waals surface area contributed by atoms with Crippen LogP contribution in [-0.2, 0) is 6.54 Å². The molecule has 1 aliphatic rings. The Balaban J connectivity index is 2.23. The second-order valence-electron chi connectivity index (χ2n) is 5.44. The van der Waals surface area contributed by atoms with Gasteiger partial charge in [-0.15, -0.1) is 0 Å². The van der Waals surface area contributed by atoms with E-state index in [4.69, 9.17) is 23.1 Å². The smallest absolute Gasteiger partial charge is 0.290 e. The van der Waals surface area contributed by atoms with E-state index in [1.54, 1.807) is 24.3 Å². The Bertz CT molecular complexity index is 812. The van der Waals surface area contributed by atoms with E-state index in [0.29, 0.717) is 23.0 Å². The molecule has 0 atom stereocenters. The van der Waals surface area contributed by atoms with Crippen LogP contribution in [0.5, 0.6) is 0 Å². The van der Waals surface area contributed by atoms with Crippen LogP contribution in [0, 0.1) is 5.92 Å². The number of anilines is 1. The summed E-state index contributed by atoms with van der Waals surface area (Å²) in [6, 6.07) is 6.84. The minimum Gasteiger partial charge on any atom is -0.393 e. The summed E-state index contributed by atoms with van der Waals surface area (Å²) in [5, 5.41) is 4.80. The van der Waals surface area contributed by atoms with Gasteiger partial charge >= 0.3 is 0 Å². The number of aromatic nitrogens is 2. The third kappa shape index (κ3) is 2.69. The molecule has 1 fully saturated rings. The fraction of sp³-hybridized carbons (Fsp3) is 0.267. The minimum atomic E-state index is -0.782. The van der Waals surface area contributed by atoms with Crippen molar-refractivity contribution in [3.63, 3.8) is 0 Å². The number of primary amides is 1. The third-order valence-electron chi connectivity index (χ3n) is 3.66. The average Bonchev–Trinajstić information content (AvgIpc) is 3.27. The maximum absolute atomic E-state index is 12.2. The van der Waals surface area contributed by atoms with Crippen LogP contribution in [-0.4, -0.2) is 15.7 Å². The van der Waals surface area contributed by atoms with Crippen LogP contribution in [0.15, 0.2) is 29.1 Å². The Morgan fingerprint density at radius 2 is 2.14 bits per heavy atom. The number of nitrogens with two attached hydrogens (primary N) is 2. The molecule has 1 saturated carbocycles. The molecule has 7 heteroatoms. The van der Waals surface area contributed by atoms with Crippen molar-refractivity contribution in [1.29, 1.82) is 0 Å². The fourth-order valence-electron chi connectivity index (χ4n) is 2.35. The van der Waals surface area contributed by atoms with Crippen LogP contribution in [0.1, 0.15) is 23.2 Å². The summed E-state index contributed by atoms with van der Waals surface area (Å²) in [5.74, 6) is -0.341. The van der Waals surface area contributed by atoms with Gasteiger partial charge in [0.1, 0.15) is 11.4 Å². The molecule has 0 unspecified atom stereocenters. The number of carbonyl (C=O) groups is 1. The number of halogens is 1. The first kappa shape index (κ1) is 14.6. The lowest BCUT2D eigenvalue weighted by Gasteiger charge is -2.13. The number of rotatable bonds is 4. The molecule has 1 aromatic heterocycles. The third-order valence-corrected chi connectivity index (χ3v) is 3.90. The number of carbonyl (C=O) groups excluding carboxylic acids is 1. The summed E-state index contributed by atoms with van der Waals surface area (Å²) in [5.41, 5.74) is 11.4. The van der Waals surface area contributed by atoms with Crippen LogP contribution in [0.4, 0.5) is 5.69 Å². The highest BCUT2D eigenvalue weighted by molar-refractivity contribution is 6.30. The van der Waals surface area contributed by atoms with Crippen LogP contribution in [0.25, 0.3) is 11.3 Å². The van der Waals surface area contributed by atoms with Gasteiger partial charge in [-0.1, -0.05) is 23.7 Å². The SMILES string of the molecule is NC(=O)c1c(-c2cccc(Cl)c2)nn(CC2CC2)c(=O)c1N. The van der Waals surface area contributed by atoms with Crippen molar-refractivity contribution in [2.24, 2.45) is 11.7 Å². The van der Waals surface area contributed by atoms with E-state index in [9.17, 15) is 9.59 Å². The van der Waals surface area contributed by atoms with Crippen LogP contribution < -0.4 is 17.0 Å². The first-order chi connectivity index (χ1) is 10.5. The predicted octanol–water partition coefficient (Wildman–Crippen LogP) is 1.65. The molecule has 0 aliphatic heterocycles. The van der Waals surface area contributed by atoms with Gasteiger partial charge in [0.05, 0.1) is 5.56 Å². The highest BCUT2D eigenvalue weighted by Gasteiger charge is 2.26. The van der Waals surface area contributed by atoms with E-state index >= 15 is 0 Å². The summed E-state index contributed by atoms with van der Waals surface area (Å²) in [7, 11) is 0. The molecule has 114 valence electrons. The number of nitrogen functional groups attached to an aromatic ring is 1. The molecule has 6 nitrogen and oxygen atoms in total. The lowest BCUT2D eigenvalue weighted by atomic mass is 10.0. The van der Waals surface area contributed by atoms with Crippen molar-refractivity contribution in [3.8, 4) is 11.3 Å². The molecule has 2 aromatic rings. The van der Waals surface area contributed by atoms with Crippen LogP contribution >= 0.6 is 11.6 Å². The van der Waals surface area contributed by atoms with Crippen LogP contribution in [0.2, 0.25) is 5.02 Å². The van der Waals surface area contributed by atoms with Crippen molar-refractivity contribution in [3.05, 3.63) is 45.2 Å². The van der Waals surface area contributed by atoms with Gasteiger partial charge in [0.25, 0.3) is 11.5 Å². The monoisotopic (exact) mass is 318 g/mol. The van der Waals surface area contributed by atoms with Crippen molar-refractivity contribution in [2.45, 2.75) is 19.4 Å². The number of amides is 1. The maximum atomic E-state index is 12.2. The summed E-state index contributed by atoms with van der Waals surface area (Å²) >= 11 is 5.99. The number of benzene rings is 1. The summed E-state index contributed by atoms with van der Waals surface area (Å²) < 4.78 is 1.32. The summed E-state index contributed by atoms with van der Waals surface area (Å²) in [6.07, 6.45) is 2.14. The Morgan fingerprint density at radius 1 is 1.41 bits per heavy atom. The van der Waals surface area contributed by atoms with E-state index in [0.717, 1.165) is 12.8 Å². The molecule has 1 amide bonds. The van der Waals surface area contributed by atoms with Gasteiger partial charge in [-0.25, -0.2) is 4.68 Å². The summed E-state index contributed by atoms with van der Waals surface area (Å²) in [6.45, 7) is 0.496. The van der Waals surface area contributed by atoms with Gasteiger partial charge in [-0.2, -0.15) is 5.10 Å². The van der Waals surface area contributed by atoms with Gasteiger partial charge in [-0.05, 0) is 30.9 Å². The van der Waals surface area contributed by atoms with E-state index in [1.165, 1.54) is 4.68 Å². The molecule has 22 heavy (non-hydrogen) atoms. The first-order valence-electron chi connectivity index (χ1n) is 6.93. The molecule has 1 aliphatic carbocycles. The Kier molecular flexibility index (Phi) is 3.62. The Labute approximate surface area is 131 Å². The molecule has 4 N–H and O–H groups in total. The molecule has 1 aromatic carbocycles. The topological polar surface area (TPSA) is 104 Å². The molecule has 1 heterocycles. The highest BCUT2D eigenvalue weighted by atomic mass is 35.5. The van der Waals surface area contributed by atoms with Gasteiger partial charge in [0.2, 0.25) is 0 Å². The molecule has 3 rings (SSSR count). The molecule has 0 bridgehead atoms. The second-order valence-corrected chi connectivity index (χ2v) is 5.88. The number of hydrogen-bond acceptors (Lipinski definition) is 4. The number of hydrogen-bond donors (Lipinski definition) is 2. The van der Waals surface area contributed by atoms with Gasteiger partial charge in [0.15, 0.2) is 0 Å². The molecule has 0 spiro atoms. The standard InChI is InChI=1S/C15H15ClN4O2/c16-10-3-1-2-9(6-10)13-11(14(18)21)12(17)15(22)20(19-13)7-8-4-5-8/h1-3,6,8H,4-5,7,17H2,(H2,18,21). The van der Waals surface area contributed by atoms with E-state index in [-0.39, 0.29) is 16.9 Å². The van der Waals surface area contributed by atoms with Crippen molar-refractivity contribution in [2.75, 3.05) is 5.73 Å². The highest BCUT2D eigenvalue weighted by Crippen LogP contribution is 2.31. The lowest BCUT2D eigenvalue weighted by Crippen LogP contribution is -2.31. The molecule has 0 saturated heterocycles. The normalized spacial score (nSPS) is 14.0. The predicted molar refractivity (Wildman–Crippen MR) is 84.6 cm³/mol.